The molecule has 0 N–H and O–H groups in total. The highest BCUT2D eigenvalue weighted by molar-refractivity contribution is 7.87. The van der Waals surface area contributed by atoms with Crippen LogP contribution < -0.4 is 5.30 Å². The molecule has 116 valence electrons. The highest BCUT2D eigenvalue weighted by Gasteiger charge is 2.36. The number of hydrogen-bond acceptors (Lipinski definition) is 2. The van der Waals surface area contributed by atoms with Crippen molar-refractivity contribution < 1.29 is 9.36 Å². The van der Waals surface area contributed by atoms with E-state index in [1.54, 1.807) is 24.3 Å². The number of benzene rings is 2. The van der Waals surface area contributed by atoms with Crippen molar-refractivity contribution in [2.75, 3.05) is 6.16 Å². The van der Waals surface area contributed by atoms with Gasteiger partial charge in [-0.1, -0.05) is 67.9 Å². The summed E-state index contributed by atoms with van der Waals surface area (Å²) in [5.74, 6) is 0.151. The second kappa shape index (κ2) is 6.81. The minimum absolute atomic E-state index is 0.151. The Morgan fingerprint density at radius 2 is 1.73 bits per heavy atom. The minimum atomic E-state index is -3.22. The first-order valence-corrected chi connectivity index (χ1v) is 9.58. The summed E-state index contributed by atoms with van der Waals surface area (Å²) >= 11 is 6.21. The third kappa shape index (κ3) is 3.34. The van der Waals surface area contributed by atoms with Crippen LogP contribution in [-0.2, 0) is 4.57 Å². The number of halogens is 1. The van der Waals surface area contributed by atoms with E-state index in [4.69, 9.17) is 11.6 Å². The van der Waals surface area contributed by atoms with Gasteiger partial charge >= 0.3 is 0 Å². The Morgan fingerprint density at radius 3 is 2.27 bits per heavy atom. The zero-order valence-corrected chi connectivity index (χ0v) is 14.7. The molecule has 0 bridgehead atoms. The van der Waals surface area contributed by atoms with Gasteiger partial charge in [-0.15, -0.1) is 0 Å². The second-order valence-corrected chi connectivity index (χ2v) is 9.06. The van der Waals surface area contributed by atoms with Gasteiger partial charge in [0, 0.05) is 17.0 Å². The fourth-order valence-electron chi connectivity index (χ4n) is 2.57. The predicted octanol–water partition coefficient (Wildman–Crippen LogP) is 5.13. The molecule has 0 amide bonds. The van der Waals surface area contributed by atoms with E-state index in [1.807, 2.05) is 45.0 Å². The summed E-state index contributed by atoms with van der Waals surface area (Å²) in [6.45, 7) is 5.77. The lowest BCUT2D eigenvalue weighted by Crippen LogP contribution is -2.19. The van der Waals surface area contributed by atoms with Gasteiger partial charge in [0.1, 0.15) is 0 Å². The molecule has 0 saturated carbocycles. The van der Waals surface area contributed by atoms with Gasteiger partial charge in [-0.05, 0) is 24.5 Å². The van der Waals surface area contributed by atoms with E-state index in [-0.39, 0.29) is 11.4 Å². The van der Waals surface area contributed by atoms with Gasteiger partial charge in [-0.2, -0.15) is 0 Å². The molecule has 0 aliphatic carbocycles. The molecule has 4 heteroatoms. The van der Waals surface area contributed by atoms with Crippen molar-refractivity contribution in [3.05, 3.63) is 64.7 Å². The van der Waals surface area contributed by atoms with E-state index < -0.39 is 7.14 Å². The maximum Gasteiger partial charge on any atom is 0.227 e. The van der Waals surface area contributed by atoms with Crippen molar-refractivity contribution in [2.24, 2.45) is 5.92 Å². The third-order valence-electron chi connectivity index (χ3n) is 3.56. The van der Waals surface area contributed by atoms with Crippen molar-refractivity contribution in [2.45, 2.75) is 20.8 Å². The summed E-state index contributed by atoms with van der Waals surface area (Å²) in [5.41, 5.74) is 0.810. The molecular weight excluding hydrogens is 315 g/mol. The van der Waals surface area contributed by atoms with Crippen LogP contribution in [0.25, 0.3) is 0 Å². The quantitative estimate of drug-likeness (QED) is 0.710. The Hall–Kier alpha value is -1.37. The maximum atomic E-state index is 13.6. The van der Waals surface area contributed by atoms with Crippen LogP contribution in [0, 0.1) is 12.8 Å². The normalized spacial score (nSPS) is 13.9. The Labute approximate surface area is 136 Å². The summed E-state index contributed by atoms with van der Waals surface area (Å²) in [6, 6.07) is 14.3. The largest absolute Gasteiger partial charge is 0.310 e. The van der Waals surface area contributed by atoms with Crippen molar-refractivity contribution in [1.29, 1.82) is 0 Å². The number of carbonyl (C=O) groups is 1. The predicted molar refractivity (Wildman–Crippen MR) is 93.9 cm³/mol. The molecule has 2 nitrogen and oxygen atoms in total. The molecule has 0 heterocycles. The molecule has 0 fully saturated rings. The summed E-state index contributed by atoms with van der Waals surface area (Å²) < 4.78 is 13.6. The molecular formula is C18H20ClO2P. The van der Waals surface area contributed by atoms with Crippen molar-refractivity contribution in [1.82, 2.24) is 0 Å². The van der Waals surface area contributed by atoms with Crippen LogP contribution in [0.5, 0.6) is 0 Å². The Balaban J connectivity index is 2.60. The zero-order chi connectivity index (χ0) is 16.3. The molecule has 1 unspecified atom stereocenters. The van der Waals surface area contributed by atoms with Crippen LogP contribution in [0.15, 0.2) is 48.5 Å². The second-order valence-electron chi connectivity index (χ2n) is 5.89. The Kier molecular flexibility index (Phi) is 5.26. The lowest BCUT2D eigenvalue weighted by molar-refractivity contribution is 0.107. The minimum Gasteiger partial charge on any atom is -0.310 e. The SMILES string of the molecule is Cc1cccc(Cl)c1C(=O)P(=O)(CC(C)C)c1ccccc1. The number of carbonyl (C=O) groups excluding carboxylic acids is 1. The Bertz CT molecular complexity index is 703. The summed E-state index contributed by atoms with van der Waals surface area (Å²) in [5, 5.41) is 0.970. The number of rotatable bonds is 5. The van der Waals surface area contributed by atoms with E-state index in [0.717, 1.165) is 5.56 Å². The average Bonchev–Trinajstić information content (AvgIpc) is 2.47. The number of hydrogen-bond donors (Lipinski definition) is 0. The molecule has 2 aromatic carbocycles. The summed E-state index contributed by atoms with van der Waals surface area (Å²) in [7, 11) is -3.22. The molecule has 1 atom stereocenters. The van der Waals surface area contributed by atoms with Gasteiger partial charge in [0.15, 0.2) is 7.14 Å². The van der Waals surface area contributed by atoms with E-state index in [9.17, 15) is 9.36 Å². The van der Waals surface area contributed by atoms with Gasteiger partial charge in [0.2, 0.25) is 5.52 Å². The molecule has 0 radical (unpaired) electrons. The highest BCUT2D eigenvalue weighted by atomic mass is 35.5. The van der Waals surface area contributed by atoms with Gasteiger partial charge in [-0.3, -0.25) is 4.79 Å². The first-order chi connectivity index (χ1) is 10.4. The van der Waals surface area contributed by atoms with Crippen LogP contribution in [0.4, 0.5) is 0 Å². The molecule has 0 spiro atoms. The first-order valence-electron chi connectivity index (χ1n) is 7.31. The fourth-order valence-corrected chi connectivity index (χ4v) is 5.90. The van der Waals surface area contributed by atoms with Gasteiger partial charge < -0.3 is 4.57 Å². The topological polar surface area (TPSA) is 34.1 Å². The fraction of sp³-hybridized carbons (Fsp3) is 0.278. The smallest absolute Gasteiger partial charge is 0.227 e. The van der Waals surface area contributed by atoms with Crippen LogP contribution in [-0.4, -0.2) is 11.7 Å². The molecule has 0 aliphatic heterocycles. The first kappa shape index (κ1) is 17.0. The Morgan fingerprint density at radius 1 is 1.09 bits per heavy atom. The van der Waals surface area contributed by atoms with Crippen molar-refractivity contribution >= 4 is 29.6 Å². The van der Waals surface area contributed by atoms with E-state index in [0.29, 0.717) is 22.1 Å². The standard InChI is InChI=1S/C18H20ClO2P/c1-13(2)12-22(21,15-9-5-4-6-10-15)18(20)17-14(3)8-7-11-16(17)19/h4-11,13H,12H2,1-3H3. The molecule has 0 aliphatic rings. The molecule has 22 heavy (non-hydrogen) atoms. The van der Waals surface area contributed by atoms with E-state index >= 15 is 0 Å². The molecule has 2 aromatic rings. The maximum absolute atomic E-state index is 13.6. The molecule has 0 saturated heterocycles. The van der Waals surface area contributed by atoms with Crippen LogP contribution in [0.1, 0.15) is 29.8 Å². The van der Waals surface area contributed by atoms with E-state index in [1.165, 1.54) is 0 Å². The lowest BCUT2D eigenvalue weighted by atomic mass is 10.1. The third-order valence-corrected chi connectivity index (χ3v) is 7.13. The van der Waals surface area contributed by atoms with Crippen LogP contribution in [0.2, 0.25) is 5.02 Å². The lowest BCUT2D eigenvalue weighted by Gasteiger charge is -2.21. The molecule has 2 rings (SSSR count). The van der Waals surface area contributed by atoms with Crippen molar-refractivity contribution in [3.8, 4) is 0 Å². The van der Waals surface area contributed by atoms with E-state index in [2.05, 4.69) is 0 Å². The van der Waals surface area contributed by atoms with Crippen LogP contribution >= 0.6 is 18.7 Å². The molecule has 0 aromatic heterocycles. The number of aryl methyl sites for hydroxylation is 1. The summed E-state index contributed by atoms with van der Waals surface area (Å²) in [4.78, 5) is 13.1. The van der Waals surface area contributed by atoms with Crippen LogP contribution in [0.3, 0.4) is 0 Å². The van der Waals surface area contributed by atoms with Gasteiger partial charge in [-0.25, -0.2) is 0 Å². The zero-order valence-electron chi connectivity index (χ0n) is 13.0. The monoisotopic (exact) mass is 334 g/mol. The van der Waals surface area contributed by atoms with Gasteiger partial charge in [0.25, 0.3) is 0 Å². The summed E-state index contributed by atoms with van der Waals surface area (Å²) in [6.07, 6.45) is 0.348. The van der Waals surface area contributed by atoms with Gasteiger partial charge in [0.05, 0.1) is 5.02 Å². The van der Waals surface area contributed by atoms with Crippen molar-refractivity contribution in [3.63, 3.8) is 0 Å². The highest BCUT2D eigenvalue weighted by Crippen LogP contribution is 2.50. The average molecular weight is 335 g/mol.